The fourth-order valence-electron chi connectivity index (χ4n) is 1.36. The molecule has 3 nitrogen and oxygen atoms in total. The molecule has 2 rings (SSSR count). The highest BCUT2D eigenvalue weighted by Crippen LogP contribution is 2.25. The van der Waals surface area contributed by atoms with E-state index in [4.69, 9.17) is 5.73 Å². The largest absolute Gasteiger partial charge is 0.329 e. The predicted octanol–water partition coefficient (Wildman–Crippen LogP) is 1.63. The molecule has 0 fully saturated rings. The van der Waals surface area contributed by atoms with Gasteiger partial charge in [-0.1, -0.05) is 6.07 Å². The minimum atomic E-state index is 0.184. The van der Waals surface area contributed by atoms with Gasteiger partial charge in [-0.2, -0.15) is 0 Å². The van der Waals surface area contributed by atoms with Gasteiger partial charge in [0.2, 0.25) is 0 Å². The topological polar surface area (TPSA) is 51.8 Å². The van der Waals surface area contributed by atoms with E-state index in [2.05, 4.69) is 16.0 Å². The second kappa shape index (κ2) is 4.30. The van der Waals surface area contributed by atoms with Crippen molar-refractivity contribution in [2.24, 2.45) is 5.73 Å². The highest BCUT2D eigenvalue weighted by atomic mass is 32.1. The monoisotopic (exact) mass is 205 g/mol. The van der Waals surface area contributed by atoms with Gasteiger partial charge >= 0.3 is 0 Å². The van der Waals surface area contributed by atoms with Gasteiger partial charge in [0.25, 0.3) is 0 Å². The quantitative estimate of drug-likeness (QED) is 0.828. The van der Waals surface area contributed by atoms with Gasteiger partial charge in [0, 0.05) is 35.9 Å². The van der Waals surface area contributed by atoms with Crippen LogP contribution in [0.4, 0.5) is 0 Å². The van der Waals surface area contributed by atoms with Crippen molar-refractivity contribution < 1.29 is 0 Å². The number of nitrogens with two attached hydrogens (primary N) is 1. The van der Waals surface area contributed by atoms with Crippen LogP contribution in [0.2, 0.25) is 0 Å². The molecule has 0 saturated carbocycles. The summed E-state index contributed by atoms with van der Waals surface area (Å²) in [6.07, 6.45) is 5.15. The fourth-order valence-corrected chi connectivity index (χ4v) is 2.22. The Balaban J connectivity index is 2.31. The lowest BCUT2D eigenvalue weighted by Gasteiger charge is -2.10. The lowest BCUT2D eigenvalue weighted by Crippen LogP contribution is -2.14. The van der Waals surface area contributed by atoms with E-state index in [1.165, 1.54) is 4.88 Å². The van der Waals surface area contributed by atoms with Crippen molar-refractivity contribution >= 4 is 11.3 Å². The molecule has 4 heteroatoms. The molecule has 0 aliphatic heterocycles. The Bertz CT molecular complexity index is 372. The van der Waals surface area contributed by atoms with Gasteiger partial charge < -0.3 is 5.73 Å². The van der Waals surface area contributed by atoms with Crippen molar-refractivity contribution in [3.63, 3.8) is 0 Å². The molecule has 0 aromatic carbocycles. The molecule has 14 heavy (non-hydrogen) atoms. The van der Waals surface area contributed by atoms with E-state index in [1.54, 1.807) is 29.9 Å². The summed E-state index contributed by atoms with van der Waals surface area (Å²) in [6, 6.07) is 4.11. The van der Waals surface area contributed by atoms with Crippen LogP contribution in [0.1, 0.15) is 16.5 Å². The average molecular weight is 205 g/mol. The molecule has 2 heterocycles. The van der Waals surface area contributed by atoms with E-state index < -0.39 is 0 Å². The molecule has 1 atom stereocenters. The standard InChI is InChI=1S/C10H11N3S/c11-6-8(10-2-1-5-14-10)9-7-12-3-4-13-9/h1-5,7-8H,6,11H2. The number of rotatable bonds is 3. The summed E-state index contributed by atoms with van der Waals surface area (Å²) in [6.45, 7) is 0.569. The van der Waals surface area contributed by atoms with Crippen LogP contribution < -0.4 is 5.73 Å². The Morgan fingerprint density at radius 2 is 2.36 bits per heavy atom. The van der Waals surface area contributed by atoms with Crippen LogP contribution in [-0.2, 0) is 0 Å². The van der Waals surface area contributed by atoms with E-state index in [0.717, 1.165) is 5.69 Å². The van der Waals surface area contributed by atoms with Crippen molar-refractivity contribution in [2.75, 3.05) is 6.54 Å². The maximum absolute atomic E-state index is 5.73. The fraction of sp³-hybridized carbons (Fsp3) is 0.200. The Morgan fingerprint density at radius 3 is 2.93 bits per heavy atom. The molecule has 0 aliphatic carbocycles. The van der Waals surface area contributed by atoms with Crippen molar-refractivity contribution in [1.82, 2.24) is 9.97 Å². The van der Waals surface area contributed by atoms with Gasteiger partial charge in [0.05, 0.1) is 5.69 Å². The van der Waals surface area contributed by atoms with E-state index >= 15 is 0 Å². The first-order valence-electron chi connectivity index (χ1n) is 4.41. The molecule has 2 aromatic heterocycles. The second-order valence-corrected chi connectivity index (χ2v) is 3.91. The third kappa shape index (κ3) is 1.81. The Kier molecular flexibility index (Phi) is 2.86. The summed E-state index contributed by atoms with van der Waals surface area (Å²) in [4.78, 5) is 9.56. The minimum Gasteiger partial charge on any atom is -0.329 e. The molecular weight excluding hydrogens is 194 g/mol. The van der Waals surface area contributed by atoms with Crippen LogP contribution >= 0.6 is 11.3 Å². The highest BCUT2D eigenvalue weighted by molar-refractivity contribution is 7.10. The zero-order chi connectivity index (χ0) is 9.80. The van der Waals surface area contributed by atoms with Crippen molar-refractivity contribution in [1.29, 1.82) is 0 Å². The van der Waals surface area contributed by atoms with Gasteiger partial charge in [-0.05, 0) is 11.4 Å². The van der Waals surface area contributed by atoms with Gasteiger partial charge in [-0.25, -0.2) is 0 Å². The smallest absolute Gasteiger partial charge is 0.0682 e. The summed E-state index contributed by atoms with van der Waals surface area (Å²) in [5.41, 5.74) is 6.68. The minimum absolute atomic E-state index is 0.184. The molecule has 2 aromatic rings. The maximum Gasteiger partial charge on any atom is 0.0682 e. The van der Waals surface area contributed by atoms with Gasteiger partial charge in [0.1, 0.15) is 0 Å². The number of aromatic nitrogens is 2. The molecular formula is C10H11N3S. The number of thiophene rings is 1. The number of nitrogens with zero attached hydrogens (tertiary/aromatic N) is 2. The summed E-state index contributed by atoms with van der Waals surface area (Å²) < 4.78 is 0. The second-order valence-electron chi connectivity index (χ2n) is 2.93. The van der Waals surface area contributed by atoms with Crippen molar-refractivity contribution in [3.8, 4) is 0 Å². The summed E-state index contributed by atoms with van der Waals surface area (Å²) >= 11 is 1.70. The molecule has 1 unspecified atom stereocenters. The first kappa shape index (κ1) is 9.30. The van der Waals surface area contributed by atoms with Gasteiger partial charge in [0.15, 0.2) is 0 Å². The SMILES string of the molecule is NCC(c1cnccn1)c1cccs1. The van der Waals surface area contributed by atoms with E-state index in [-0.39, 0.29) is 5.92 Å². The Hall–Kier alpha value is -1.26. The molecule has 0 radical (unpaired) electrons. The molecule has 0 spiro atoms. The number of hydrogen-bond donors (Lipinski definition) is 1. The summed E-state index contributed by atoms with van der Waals surface area (Å²) in [7, 11) is 0. The van der Waals surface area contributed by atoms with E-state index in [1.807, 2.05) is 11.4 Å². The molecule has 0 bridgehead atoms. The van der Waals surface area contributed by atoms with Crippen LogP contribution in [0.25, 0.3) is 0 Å². The molecule has 72 valence electrons. The first-order valence-corrected chi connectivity index (χ1v) is 5.29. The van der Waals surface area contributed by atoms with Gasteiger partial charge in [-0.3, -0.25) is 9.97 Å². The first-order chi connectivity index (χ1) is 6.92. The van der Waals surface area contributed by atoms with Crippen LogP contribution in [0, 0.1) is 0 Å². The molecule has 0 aliphatic rings. The van der Waals surface area contributed by atoms with Crippen LogP contribution in [0.5, 0.6) is 0 Å². The third-order valence-electron chi connectivity index (χ3n) is 2.06. The van der Waals surface area contributed by atoms with Crippen molar-refractivity contribution in [3.05, 3.63) is 46.7 Å². The Morgan fingerprint density at radius 1 is 1.43 bits per heavy atom. The lowest BCUT2D eigenvalue weighted by atomic mass is 10.0. The predicted molar refractivity (Wildman–Crippen MR) is 57.2 cm³/mol. The zero-order valence-electron chi connectivity index (χ0n) is 7.63. The van der Waals surface area contributed by atoms with E-state index in [0.29, 0.717) is 6.54 Å². The lowest BCUT2D eigenvalue weighted by molar-refractivity contribution is 0.793. The highest BCUT2D eigenvalue weighted by Gasteiger charge is 2.14. The molecule has 0 saturated heterocycles. The summed E-state index contributed by atoms with van der Waals surface area (Å²) in [5.74, 6) is 0.184. The molecule has 2 N–H and O–H groups in total. The molecule has 0 amide bonds. The maximum atomic E-state index is 5.73. The van der Waals surface area contributed by atoms with Crippen molar-refractivity contribution in [2.45, 2.75) is 5.92 Å². The average Bonchev–Trinajstić information content (AvgIpc) is 2.74. The van der Waals surface area contributed by atoms with Gasteiger partial charge in [-0.15, -0.1) is 11.3 Å². The summed E-state index contributed by atoms with van der Waals surface area (Å²) in [5, 5.41) is 2.05. The third-order valence-corrected chi connectivity index (χ3v) is 3.05. The van der Waals surface area contributed by atoms with E-state index in [9.17, 15) is 0 Å². The zero-order valence-corrected chi connectivity index (χ0v) is 8.45. The Labute approximate surface area is 86.6 Å². The van der Waals surface area contributed by atoms with Crippen LogP contribution in [-0.4, -0.2) is 16.5 Å². The van der Waals surface area contributed by atoms with Crippen LogP contribution in [0.3, 0.4) is 0 Å². The normalized spacial score (nSPS) is 12.6. The number of hydrogen-bond acceptors (Lipinski definition) is 4. The van der Waals surface area contributed by atoms with Crippen LogP contribution in [0.15, 0.2) is 36.1 Å².